The second kappa shape index (κ2) is 20.1. The van der Waals surface area contributed by atoms with Gasteiger partial charge in [0.25, 0.3) is 0 Å². The fraction of sp³-hybridized carbons (Fsp3) is 0.429. The van der Waals surface area contributed by atoms with E-state index in [4.69, 9.17) is 0 Å². The molecular formula is C49H60N2O2. The molecule has 5 rings (SSSR count). The second-order valence-corrected chi connectivity index (χ2v) is 14.4. The standard InChI is InChI=1S/C49H60N2O2/c1-5-9-11-13-31-49(32-14-12-10-6-2)47-37-41(17-15-39-19-25-43(26-20-39)50(7-3)33-35-52)23-29-45(47)46-30-24-42(38-48(46)49)18-16-40-21-27-44(28-22-40)51(8-4)34-36-53/h19-30,37-38,52-53H,5-14,31-36H2,1-4H3. The Balaban J connectivity index is 1.50. The fourth-order valence-corrected chi connectivity index (χ4v) is 8.00. The van der Waals surface area contributed by atoms with Crippen LogP contribution in [0, 0.1) is 23.7 Å². The average molecular weight is 709 g/mol. The smallest absolute Gasteiger partial charge is 0.0606 e. The van der Waals surface area contributed by atoms with Crippen molar-refractivity contribution in [1.82, 2.24) is 0 Å². The number of aliphatic hydroxyl groups excluding tert-OH is 2. The van der Waals surface area contributed by atoms with Crippen LogP contribution < -0.4 is 9.80 Å². The number of hydrogen-bond donors (Lipinski definition) is 2. The molecule has 4 aromatic rings. The van der Waals surface area contributed by atoms with Gasteiger partial charge in [0, 0.05) is 65.2 Å². The van der Waals surface area contributed by atoms with Crippen LogP contribution in [0.15, 0.2) is 84.9 Å². The van der Waals surface area contributed by atoms with Crippen LogP contribution in [0.5, 0.6) is 0 Å². The van der Waals surface area contributed by atoms with Crippen LogP contribution in [0.25, 0.3) is 11.1 Å². The Hall–Kier alpha value is -4.48. The van der Waals surface area contributed by atoms with E-state index in [1.807, 2.05) is 0 Å². The SMILES string of the molecule is CCCCCCC1(CCCCCC)c2cc(C#Cc3ccc(N(CC)CCO)cc3)ccc2-c2ccc(C#Cc3ccc(N(CC)CCO)cc3)cc21. The van der Waals surface area contributed by atoms with Gasteiger partial charge in [0.1, 0.15) is 0 Å². The fourth-order valence-electron chi connectivity index (χ4n) is 8.00. The van der Waals surface area contributed by atoms with Gasteiger partial charge in [0.15, 0.2) is 0 Å². The maximum Gasteiger partial charge on any atom is 0.0606 e. The van der Waals surface area contributed by atoms with E-state index in [0.29, 0.717) is 13.1 Å². The number of unbranched alkanes of at least 4 members (excludes halogenated alkanes) is 6. The summed E-state index contributed by atoms with van der Waals surface area (Å²) in [7, 11) is 0. The normalized spacial score (nSPS) is 12.3. The zero-order valence-corrected chi connectivity index (χ0v) is 32.7. The highest BCUT2D eigenvalue weighted by atomic mass is 16.3. The van der Waals surface area contributed by atoms with Gasteiger partial charge < -0.3 is 20.0 Å². The molecule has 0 aliphatic heterocycles. The molecular weight excluding hydrogens is 649 g/mol. The van der Waals surface area contributed by atoms with Crippen LogP contribution in [0.4, 0.5) is 11.4 Å². The largest absolute Gasteiger partial charge is 0.395 e. The number of benzene rings is 4. The zero-order chi connectivity index (χ0) is 37.5. The van der Waals surface area contributed by atoms with Gasteiger partial charge in [-0.25, -0.2) is 0 Å². The van der Waals surface area contributed by atoms with E-state index in [2.05, 4.69) is 146 Å². The molecule has 0 fully saturated rings. The lowest BCUT2D eigenvalue weighted by Crippen LogP contribution is -2.26. The summed E-state index contributed by atoms with van der Waals surface area (Å²) >= 11 is 0. The quantitative estimate of drug-likeness (QED) is 0.0798. The molecule has 0 atom stereocenters. The van der Waals surface area contributed by atoms with E-state index in [1.54, 1.807) is 0 Å². The predicted octanol–water partition coefficient (Wildman–Crippen LogP) is 10.3. The third-order valence-electron chi connectivity index (χ3n) is 10.9. The molecule has 4 nitrogen and oxygen atoms in total. The number of fused-ring (bicyclic) bond motifs is 3. The lowest BCUT2D eigenvalue weighted by Gasteiger charge is -2.33. The van der Waals surface area contributed by atoms with E-state index >= 15 is 0 Å². The van der Waals surface area contributed by atoms with E-state index in [9.17, 15) is 10.2 Å². The monoisotopic (exact) mass is 708 g/mol. The first-order valence-electron chi connectivity index (χ1n) is 20.2. The Labute approximate surface area is 320 Å². The molecule has 0 saturated carbocycles. The molecule has 0 amide bonds. The third kappa shape index (κ3) is 9.94. The first-order valence-corrected chi connectivity index (χ1v) is 20.2. The van der Waals surface area contributed by atoms with Gasteiger partial charge in [-0.1, -0.05) is 101 Å². The summed E-state index contributed by atoms with van der Waals surface area (Å²) in [5, 5.41) is 18.9. The maximum absolute atomic E-state index is 9.44. The van der Waals surface area contributed by atoms with Crippen molar-refractivity contribution in [3.05, 3.63) is 118 Å². The first kappa shape index (κ1) is 39.7. The third-order valence-corrected chi connectivity index (χ3v) is 10.9. The topological polar surface area (TPSA) is 46.9 Å². The Morgan fingerprint density at radius 3 is 1.21 bits per heavy atom. The predicted molar refractivity (Wildman–Crippen MR) is 225 cm³/mol. The lowest BCUT2D eigenvalue weighted by molar-refractivity contribution is 0.302. The minimum Gasteiger partial charge on any atom is -0.395 e. The van der Waals surface area contributed by atoms with Crippen LogP contribution in [0.1, 0.15) is 125 Å². The van der Waals surface area contributed by atoms with Gasteiger partial charge >= 0.3 is 0 Å². The number of hydrogen-bond acceptors (Lipinski definition) is 4. The van der Waals surface area contributed by atoms with Crippen LogP contribution in [-0.2, 0) is 5.41 Å². The highest BCUT2D eigenvalue weighted by Gasteiger charge is 2.42. The Bertz CT molecular complexity index is 1730. The summed E-state index contributed by atoms with van der Waals surface area (Å²) in [6.45, 7) is 12.1. The van der Waals surface area contributed by atoms with Gasteiger partial charge in [-0.3, -0.25) is 0 Å². The summed E-state index contributed by atoms with van der Waals surface area (Å²) in [6.07, 6.45) is 12.2. The molecule has 4 heteroatoms. The minimum atomic E-state index is -0.0581. The Morgan fingerprint density at radius 2 is 0.849 bits per heavy atom. The maximum atomic E-state index is 9.44. The van der Waals surface area contributed by atoms with Crippen molar-refractivity contribution >= 4 is 11.4 Å². The van der Waals surface area contributed by atoms with Gasteiger partial charge in [-0.15, -0.1) is 0 Å². The average Bonchev–Trinajstić information content (AvgIpc) is 3.46. The van der Waals surface area contributed by atoms with E-state index in [-0.39, 0.29) is 18.6 Å². The molecule has 0 saturated heterocycles. The van der Waals surface area contributed by atoms with E-state index in [0.717, 1.165) is 59.6 Å². The summed E-state index contributed by atoms with van der Waals surface area (Å²) in [5.41, 5.74) is 11.9. The summed E-state index contributed by atoms with van der Waals surface area (Å²) < 4.78 is 0. The van der Waals surface area contributed by atoms with Gasteiger partial charge in [0.2, 0.25) is 0 Å². The highest BCUT2D eigenvalue weighted by molar-refractivity contribution is 5.82. The van der Waals surface area contributed by atoms with Crippen molar-refractivity contribution in [2.75, 3.05) is 49.2 Å². The first-order chi connectivity index (χ1) is 26.0. The minimum absolute atomic E-state index is 0.0581. The van der Waals surface area contributed by atoms with E-state index < -0.39 is 0 Å². The van der Waals surface area contributed by atoms with Crippen molar-refractivity contribution in [3.63, 3.8) is 0 Å². The number of aliphatic hydroxyl groups is 2. The summed E-state index contributed by atoms with van der Waals surface area (Å²) in [6, 6.07) is 30.6. The molecule has 4 aromatic carbocycles. The zero-order valence-electron chi connectivity index (χ0n) is 32.7. The number of anilines is 2. The van der Waals surface area contributed by atoms with Crippen molar-refractivity contribution in [2.45, 2.75) is 97.3 Å². The Kier molecular flexibility index (Phi) is 15.1. The van der Waals surface area contributed by atoms with E-state index in [1.165, 1.54) is 73.6 Å². The number of nitrogens with zero attached hydrogens (tertiary/aromatic N) is 2. The summed E-state index contributed by atoms with van der Waals surface area (Å²) in [4.78, 5) is 4.34. The molecule has 0 unspecified atom stereocenters. The van der Waals surface area contributed by atoms with Crippen LogP contribution in [0.3, 0.4) is 0 Å². The molecule has 0 aromatic heterocycles. The van der Waals surface area contributed by atoms with Crippen molar-refractivity contribution in [1.29, 1.82) is 0 Å². The molecule has 2 N–H and O–H groups in total. The van der Waals surface area contributed by atoms with Crippen LogP contribution in [0.2, 0.25) is 0 Å². The van der Waals surface area contributed by atoms with Crippen molar-refractivity contribution in [3.8, 4) is 34.8 Å². The molecule has 278 valence electrons. The second-order valence-electron chi connectivity index (χ2n) is 14.4. The molecule has 1 aliphatic rings. The van der Waals surface area contributed by atoms with Crippen LogP contribution in [-0.4, -0.2) is 49.6 Å². The van der Waals surface area contributed by atoms with Gasteiger partial charge in [0.05, 0.1) is 13.2 Å². The van der Waals surface area contributed by atoms with Crippen molar-refractivity contribution in [2.24, 2.45) is 0 Å². The highest BCUT2D eigenvalue weighted by Crippen LogP contribution is 2.54. The Morgan fingerprint density at radius 1 is 0.472 bits per heavy atom. The molecule has 1 aliphatic carbocycles. The molecule has 0 spiro atoms. The van der Waals surface area contributed by atoms with Crippen LogP contribution >= 0.6 is 0 Å². The number of likely N-dealkylation sites (N-methyl/N-ethyl adjacent to an activating group) is 2. The van der Waals surface area contributed by atoms with Crippen molar-refractivity contribution < 1.29 is 10.2 Å². The molecule has 0 radical (unpaired) electrons. The molecule has 0 heterocycles. The van der Waals surface area contributed by atoms with Gasteiger partial charge in [-0.2, -0.15) is 0 Å². The molecule has 0 bridgehead atoms. The van der Waals surface area contributed by atoms with Gasteiger partial charge in [-0.05, 0) is 122 Å². The molecule has 53 heavy (non-hydrogen) atoms. The number of rotatable bonds is 18. The lowest BCUT2D eigenvalue weighted by atomic mass is 9.70. The summed E-state index contributed by atoms with van der Waals surface area (Å²) in [5.74, 6) is 13.9.